The number of methoxy groups -OCH3 is 1. The highest BCUT2D eigenvalue weighted by Gasteiger charge is 2.05. The van der Waals surface area contributed by atoms with Crippen LogP contribution in [0.2, 0.25) is 0 Å². The molecule has 2 aromatic carbocycles. The van der Waals surface area contributed by atoms with Gasteiger partial charge < -0.3 is 20.8 Å². The standard InChI is InChI=1S/C19H21FN4O/c1-25-12-14-4-2-3-5-17(14)24-19(21)22-9-8-13-11-23-18-7-6-15(20)10-16(13)18/h2-7,10-11,23H,8-9,12H2,1H3,(H3,21,22,24). The molecule has 0 bridgehead atoms. The van der Waals surface area contributed by atoms with E-state index in [0.717, 1.165) is 27.7 Å². The number of rotatable bonds is 6. The van der Waals surface area contributed by atoms with Gasteiger partial charge in [0.05, 0.1) is 6.61 Å². The first kappa shape index (κ1) is 17.0. The van der Waals surface area contributed by atoms with Crippen molar-refractivity contribution in [2.24, 2.45) is 10.7 Å². The van der Waals surface area contributed by atoms with Gasteiger partial charge in [-0.1, -0.05) is 18.2 Å². The fourth-order valence-electron chi connectivity index (χ4n) is 2.76. The molecule has 0 saturated heterocycles. The Balaban J connectivity index is 1.64. The predicted octanol–water partition coefficient (Wildman–Crippen LogP) is 3.42. The summed E-state index contributed by atoms with van der Waals surface area (Å²) in [6, 6.07) is 12.5. The molecule has 25 heavy (non-hydrogen) atoms. The van der Waals surface area contributed by atoms with Crippen molar-refractivity contribution < 1.29 is 9.13 Å². The zero-order valence-electron chi connectivity index (χ0n) is 14.1. The van der Waals surface area contributed by atoms with Crippen LogP contribution in [0, 0.1) is 5.82 Å². The van der Waals surface area contributed by atoms with Crippen LogP contribution < -0.4 is 11.1 Å². The maximum Gasteiger partial charge on any atom is 0.193 e. The van der Waals surface area contributed by atoms with Gasteiger partial charge in [0.15, 0.2) is 5.96 Å². The molecule has 6 heteroatoms. The van der Waals surface area contributed by atoms with Crippen LogP contribution in [0.5, 0.6) is 0 Å². The minimum atomic E-state index is -0.243. The summed E-state index contributed by atoms with van der Waals surface area (Å²) in [6.45, 7) is 1.01. The number of benzene rings is 2. The van der Waals surface area contributed by atoms with Gasteiger partial charge in [0.1, 0.15) is 5.82 Å². The molecule has 0 atom stereocenters. The van der Waals surface area contributed by atoms with Gasteiger partial charge in [0, 0.05) is 42.0 Å². The lowest BCUT2D eigenvalue weighted by atomic mass is 10.1. The monoisotopic (exact) mass is 340 g/mol. The van der Waals surface area contributed by atoms with E-state index in [0.29, 0.717) is 25.5 Å². The molecule has 0 unspecified atom stereocenters. The molecule has 0 radical (unpaired) electrons. The predicted molar refractivity (Wildman–Crippen MR) is 99.2 cm³/mol. The van der Waals surface area contributed by atoms with E-state index >= 15 is 0 Å². The third kappa shape index (κ3) is 4.16. The second-order valence-electron chi connectivity index (χ2n) is 5.74. The molecule has 0 saturated carbocycles. The highest BCUT2D eigenvalue weighted by atomic mass is 19.1. The van der Waals surface area contributed by atoms with Crippen molar-refractivity contribution in [3.63, 3.8) is 0 Å². The van der Waals surface area contributed by atoms with Crippen molar-refractivity contribution in [1.82, 2.24) is 4.98 Å². The highest BCUT2D eigenvalue weighted by molar-refractivity contribution is 5.93. The average Bonchev–Trinajstić information content (AvgIpc) is 2.99. The molecule has 1 heterocycles. The van der Waals surface area contributed by atoms with Crippen LogP contribution in [0.4, 0.5) is 10.1 Å². The van der Waals surface area contributed by atoms with Gasteiger partial charge in [0.2, 0.25) is 0 Å². The molecular weight excluding hydrogens is 319 g/mol. The molecular formula is C19H21FN4O. The van der Waals surface area contributed by atoms with Crippen LogP contribution in [0.15, 0.2) is 53.7 Å². The van der Waals surface area contributed by atoms with Crippen molar-refractivity contribution >= 4 is 22.5 Å². The molecule has 0 aliphatic rings. The van der Waals surface area contributed by atoms with Gasteiger partial charge in [0.25, 0.3) is 0 Å². The Morgan fingerprint density at radius 1 is 1.24 bits per heavy atom. The second-order valence-corrected chi connectivity index (χ2v) is 5.74. The van der Waals surface area contributed by atoms with Crippen molar-refractivity contribution in [3.05, 3.63) is 65.6 Å². The van der Waals surface area contributed by atoms with E-state index < -0.39 is 0 Å². The number of nitrogens with zero attached hydrogens (tertiary/aromatic N) is 1. The summed E-state index contributed by atoms with van der Waals surface area (Å²) in [5.41, 5.74) is 9.80. The molecule has 1 aromatic heterocycles. The number of guanidine groups is 1. The SMILES string of the molecule is COCc1ccccc1NC(N)=NCCc1c[nH]c2ccc(F)cc12. The van der Waals surface area contributed by atoms with Crippen LogP contribution in [-0.2, 0) is 17.8 Å². The number of para-hydroxylation sites is 1. The topological polar surface area (TPSA) is 75.4 Å². The number of fused-ring (bicyclic) bond motifs is 1. The van der Waals surface area contributed by atoms with Crippen molar-refractivity contribution in [2.45, 2.75) is 13.0 Å². The van der Waals surface area contributed by atoms with E-state index in [1.165, 1.54) is 12.1 Å². The number of hydrogen-bond acceptors (Lipinski definition) is 2. The Kier molecular flexibility index (Phi) is 5.30. The maximum atomic E-state index is 13.4. The Bertz CT molecular complexity index is 888. The first-order chi connectivity index (χ1) is 12.2. The minimum absolute atomic E-state index is 0.243. The number of aromatic amines is 1. The van der Waals surface area contributed by atoms with Gasteiger partial charge in [-0.25, -0.2) is 4.39 Å². The summed E-state index contributed by atoms with van der Waals surface area (Å²) in [5.74, 6) is 0.0994. The fraction of sp³-hybridized carbons (Fsp3) is 0.211. The Morgan fingerprint density at radius 2 is 2.08 bits per heavy atom. The largest absolute Gasteiger partial charge is 0.380 e. The number of halogens is 1. The van der Waals surface area contributed by atoms with E-state index in [9.17, 15) is 4.39 Å². The van der Waals surface area contributed by atoms with Crippen LogP contribution in [0.25, 0.3) is 10.9 Å². The molecule has 0 amide bonds. The normalized spacial score (nSPS) is 11.8. The molecule has 0 aliphatic carbocycles. The summed E-state index contributed by atoms with van der Waals surface area (Å²) < 4.78 is 18.6. The Morgan fingerprint density at radius 3 is 2.92 bits per heavy atom. The molecule has 5 nitrogen and oxygen atoms in total. The first-order valence-electron chi connectivity index (χ1n) is 8.06. The summed E-state index contributed by atoms with van der Waals surface area (Å²) in [7, 11) is 1.65. The number of ether oxygens (including phenoxy) is 1. The lowest BCUT2D eigenvalue weighted by Gasteiger charge is -2.10. The van der Waals surface area contributed by atoms with Crippen molar-refractivity contribution in [3.8, 4) is 0 Å². The van der Waals surface area contributed by atoms with E-state index in [4.69, 9.17) is 10.5 Å². The zero-order valence-corrected chi connectivity index (χ0v) is 14.1. The molecule has 3 aromatic rings. The Labute approximate surface area is 145 Å². The van der Waals surface area contributed by atoms with Crippen LogP contribution in [-0.4, -0.2) is 24.6 Å². The number of aliphatic imine (C=N–C) groups is 1. The molecule has 130 valence electrons. The minimum Gasteiger partial charge on any atom is -0.380 e. The number of nitrogens with one attached hydrogen (secondary N) is 2. The lowest BCUT2D eigenvalue weighted by Crippen LogP contribution is -2.23. The third-order valence-corrected chi connectivity index (χ3v) is 3.97. The highest BCUT2D eigenvalue weighted by Crippen LogP contribution is 2.20. The van der Waals surface area contributed by atoms with Crippen molar-refractivity contribution in [1.29, 1.82) is 0 Å². The van der Waals surface area contributed by atoms with Gasteiger partial charge in [-0.05, 0) is 36.2 Å². The van der Waals surface area contributed by atoms with E-state index in [1.54, 1.807) is 13.2 Å². The van der Waals surface area contributed by atoms with Crippen LogP contribution in [0.3, 0.4) is 0 Å². The van der Waals surface area contributed by atoms with E-state index in [1.807, 2.05) is 30.5 Å². The summed E-state index contributed by atoms with van der Waals surface area (Å²) >= 11 is 0. The number of nitrogens with two attached hydrogens (primary N) is 1. The number of aromatic nitrogens is 1. The maximum absolute atomic E-state index is 13.4. The number of hydrogen-bond donors (Lipinski definition) is 3. The lowest BCUT2D eigenvalue weighted by molar-refractivity contribution is 0.185. The fourth-order valence-corrected chi connectivity index (χ4v) is 2.76. The number of anilines is 1. The molecule has 0 spiro atoms. The van der Waals surface area contributed by atoms with Crippen LogP contribution >= 0.6 is 0 Å². The molecule has 0 aliphatic heterocycles. The second kappa shape index (κ2) is 7.81. The van der Waals surface area contributed by atoms with Gasteiger partial charge in [-0.15, -0.1) is 0 Å². The van der Waals surface area contributed by atoms with E-state index in [2.05, 4.69) is 15.3 Å². The van der Waals surface area contributed by atoms with Crippen LogP contribution in [0.1, 0.15) is 11.1 Å². The van der Waals surface area contributed by atoms with Gasteiger partial charge in [-0.2, -0.15) is 0 Å². The van der Waals surface area contributed by atoms with Crippen molar-refractivity contribution in [2.75, 3.05) is 19.0 Å². The third-order valence-electron chi connectivity index (χ3n) is 3.97. The quantitative estimate of drug-likeness (QED) is 0.475. The molecule has 0 fully saturated rings. The van der Waals surface area contributed by atoms with Gasteiger partial charge in [-0.3, -0.25) is 4.99 Å². The first-order valence-corrected chi connectivity index (χ1v) is 8.06. The van der Waals surface area contributed by atoms with E-state index in [-0.39, 0.29) is 5.82 Å². The molecule has 3 rings (SSSR count). The average molecular weight is 340 g/mol. The smallest absolute Gasteiger partial charge is 0.193 e. The molecule has 4 N–H and O–H groups in total. The summed E-state index contributed by atoms with van der Waals surface area (Å²) in [6.07, 6.45) is 2.56. The Hall–Kier alpha value is -2.86. The summed E-state index contributed by atoms with van der Waals surface area (Å²) in [5, 5.41) is 3.98. The zero-order chi connectivity index (χ0) is 17.6. The van der Waals surface area contributed by atoms with Gasteiger partial charge >= 0.3 is 0 Å². The summed E-state index contributed by atoms with van der Waals surface area (Å²) in [4.78, 5) is 7.50. The number of H-pyrrole nitrogens is 1.